The summed E-state index contributed by atoms with van der Waals surface area (Å²) in [4.78, 5) is 21.3. The van der Waals surface area contributed by atoms with Gasteiger partial charge in [-0.2, -0.15) is 13.2 Å². The minimum Gasteiger partial charge on any atom is -0.351 e. The maximum atomic E-state index is 12.1. The zero-order chi connectivity index (χ0) is 14.6. The van der Waals surface area contributed by atoms with E-state index in [1.54, 1.807) is 18.5 Å². The van der Waals surface area contributed by atoms with Gasteiger partial charge in [0.05, 0.1) is 0 Å². The first kappa shape index (κ1) is 14.5. The number of rotatable bonds is 3. The van der Waals surface area contributed by atoms with Gasteiger partial charge in [0, 0.05) is 31.5 Å². The predicted octanol–water partition coefficient (Wildman–Crippen LogP) is 1.51. The first-order valence-corrected chi connectivity index (χ1v) is 6.32. The zero-order valence-electron chi connectivity index (χ0n) is 10.7. The van der Waals surface area contributed by atoms with Crippen molar-refractivity contribution < 1.29 is 18.0 Å². The van der Waals surface area contributed by atoms with Crippen molar-refractivity contribution in [1.29, 1.82) is 0 Å². The molecule has 1 fully saturated rings. The number of carbonyl (C=O) groups excluding carboxylic acids is 1. The van der Waals surface area contributed by atoms with E-state index in [0.717, 1.165) is 13.0 Å². The Morgan fingerprint density at radius 2 is 2.10 bits per heavy atom. The van der Waals surface area contributed by atoms with Crippen LogP contribution in [0.4, 0.5) is 19.1 Å². The molecule has 1 aliphatic rings. The van der Waals surface area contributed by atoms with Crippen molar-refractivity contribution in [3.8, 4) is 0 Å². The van der Waals surface area contributed by atoms with Crippen LogP contribution in [0.1, 0.15) is 19.3 Å². The number of alkyl halides is 3. The molecule has 0 bridgehead atoms. The Bertz CT molecular complexity index is 452. The van der Waals surface area contributed by atoms with Crippen LogP contribution in [0.15, 0.2) is 18.5 Å². The molecule has 0 aromatic carbocycles. The van der Waals surface area contributed by atoms with Gasteiger partial charge in [0.1, 0.15) is 6.42 Å². The molecule has 1 aromatic rings. The maximum absolute atomic E-state index is 12.1. The summed E-state index contributed by atoms with van der Waals surface area (Å²) in [6, 6.07) is 1.39. The molecule has 0 spiro atoms. The average Bonchev–Trinajstić information content (AvgIpc) is 2.38. The van der Waals surface area contributed by atoms with E-state index < -0.39 is 18.5 Å². The molecule has 8 heteroatoms. The number of aromatic nitrogens is 2. The van der Waals surface area contributed by atoms with E-state index >= 15 is 0 Å². The Kier molecular flexibility index (Phi) is 4.41. The summed E-state index contributed by atoms with van der Waals surface area (Å²) in [7, 11) is 0. The van der Waals surface area contributed by atoms with Gasteiger partial charge in [0.25, 0.3) is 0 Å². The molecule has 0 aliphatic carbocycles. The number of nitrogens with zero attached hydrogens (tertiary/aromatic N) is 3. The highest BCUT2D eigenvalue weighted by atomic mass is 19.4. The topological polar surface area (TPSA) is 58.1 Å². The quantitative estimate of drug-likeness (QED) is 0.916. The van der Waals surface area contributed by atoms with Crippen LogP contribution < -0.4 is 10.2 Å². The van der Waals surface area contributed by atoms with Crippen LogP contribution in [0.3, 0.4) is 0 Å². The molecule has 2 rings (SSSR count). The number of amides is 1. The van der Waals surface area contributed by atoms with Crippen LogP contribution >= 0.6 is 0 Å². The Hall–Kier alpha value is -1.86. The zero-order valence-corrected chi connectivity index (χ0v) is 10.7. The molecule has 0 saturated carbocycles. The second-order valence-corrected chi connectivity index (χ2v) is 4.69. The van der Waals surface area contributed by atoms with Crippen LogP contribution in [0.25, 0.3) is 0 Å². The first-order chi connectivity index (χ1) is 9.44. The summed E-state index contributed by atoms with van der Waals surface area (Å²) >= 11 is 0. The van der Waals surface area contributed by atoms with E-state index in [0.29, 0.717) is 18.9 Å². The monoisotopic (exact) mass is 288 g/mol. The second-order valence-electron chi connectivity index (χ2n) is 4.69. The number of piperidine rings is 1. The van der Waals surface area contributed by atoms with Crippen molar-refractivity contribution in [2.75, 3.05) is 18.0 Å². The molecule has 20 heavy (non-hydrogen) atoms. The Morgan fingerprint density at radius 3 is 2.75 bits per heavy atom. The van der Waals surface area contributed by atoms with Gasteiger partial charge in [-0.05, 0) is 18.9 Å². The molecule has 0 radical (unpaired) electrons. The standard InChI is InChI=1S/C12H15F3N4O/c13-12(14,15)7-10(20)18-9-3-1-6-19(8-9)11-16-4-2-5-17-11/h2,4-5,9H,1,3,6-8H2,(H,18,20)/t9-/m0/s1. The van der Waals surface area contributed by atoms with Crippen molar-refractivity contribution in [2.24, 2.45) is 0 Å². The highest BCUT2D eigenvalue weighted by Gasteiger charge is 2.32. The number of nitrogens with one attached hydrogen (secondary N) is 1. The lowest BCUT2D eigenvalue weighted by Gasteiger charge is -2.33. The lowest BCUT2D eigenvalue weighted by atomic mass is 10.1. The molecule has 1 aromatic heterocycles. The fraction of sp³-hybridized carbons (Fsp3) is 0.583. The molecule has 110 valence electrons. The molecular weight excluding hydrogens is 273 g/mol. The summed E-state index contributed by atoms with van der Waals surface area (Å²) in [5, 5.41) is 2.42. The van der Waals surface area contributed by atoms with Crippen molar-refractivity contribution in [1.82, 2.24) is 15.3 Å². The third-order valence-corrected chi connectivity index (χ3v) is 2.98. The minimum absolute atomic E-state index is 0.303. The fourth-order valence-electron chi connectivity index (χ4n) is 2.19. The van der Waals surface area contributed by atoms with Gasteiger partial charge in [-0.1, -0.05) is 0 Å². The number of hydrogen-bond donors (Lipinski definition) is 1. The highest BCUT2D eigenvalue weighted by molar-refractivity contribution is 5.77. The number of hydrogen-bond acceptors (Lipinski definition) is 4. The normalized spacial score (nSPS) is 19.8. The van der Waals surface area contributed by atoms with E-state index in [2.05, 4.69) is 15.3 Å². The Balaban J connectivity index is 1.89. The summed E-state index contributed by atoms with van der Waals surface area (Å²) in [5.41, 5.74) is 0. The number of halogens is 3. The third-order valence-electron chi connectivity index (χ3n) is 2.98. The molecular formula is C12H15F3N4O. The van der Waals surface area contributed by atoms with Gasteiger partial charge >= 0.3 is 6.18 Å². The third kappa shape index (κ3) is 4.36. The lowest BCUT2D eigenvalue weighted by molar-refractivity contribution is -0.154. The first-order valence-electron chi connectivity index (χ1n) is 6.32. The van der Waals surface area contributed by atoms with E-state index in [4.69, 9.17) is 0 Å². The van der Waals surface area contributed by atoms with Gasteiger partial charge in [-0.3, -0.25) is 4.79 Å². The van der Waals surface area contributed by atoms with Crippen LogP contribution in [0, 0.1) is 0 Å². The van der Waals surface area contributed by atoms with Gasteiger partial charge in [0.15, 0.2) is 0 Å². The molecule has 1 atom stereocenters. The minimum atomic E-state index is -4.47. The van der Waals surface area contributed by atoms with Gasteiger partial charge in [-0.15, -0.1) is 0 Å². The van der Waals surface area contributed by atoms with Crippen molar-refractivity contribution in [3.05, 3.63) is 18.5 Å². The molecule has 5 nitrogen and oxygen atoms in total. The molecule has 1 saturated heterocycles. The van der Waals surface area contributed by atoms with Crippen LogP contribution in [0.5, 0.6) is 0 Å². The summed E-state index contributed by atoms with van der Waals surface area (Å²) in [6.07, 6.45) is -1.27. The highest BCUT2D eigenvalue weighted by Crippen LogP contribution is 2.20. The molecule has 0 unspecified atom stereocenters. The van der Waals surface area contributed by atoms with Gasteiger partial charge in [-0.25, -0.2) is 9.97 Å². The van der Waals surface area contributed by atoms with Crippen LogP contribution in [0.2, 0.25) is 0 Å². The summed E-state index contributed by atoms with van der Waals surface area (Å²) in [5.74, 6) is -0.458. The Labute approximate surface area is 114 Å². The number of carbonyl (C=O) groups is 1. The van der Waals surface area contributed by atoms with Crippen molar-refractivity contribution in [2.45, 2.75) is 31.5 Å². The fourth-order valence-corrected chi connectivity index (χ4v) is 2.19. The van der Waals surface area contributed by atoms with Gasteiger partial charge < -0.3 is 10.2 Å². The lowest BCUT2D eigenvalue weighted by Crippen LogP contribution is -2.48. The maximum Gasteiger partial charge on any atom is 0.397 e. The summed E-state index contributed by atoms with van der Waals surface area (Å²) in [6.45, 7) is 1.16. The molecule has 2 heterocycles. The van der Waals surface area contributed by atoms with E-state index in [1.165, 1.54) is 0 Å². The number of anilines is 1. The van der Waals surface area contributed by atoms with Crippen molar-refractivity contribution >= 4 is 11.9 Å². The van der Waals surface area contributed by atoms with Gasteiger partial charge in [0.2, 0.25) is 11.9 Å². The van der Waals surface area contributed by atoms with E-state index in [9.17, 15) is 18.0 Å². The van der Waals surface area contributed by atoms with Crippen LogP contribution in [-0.4, -0.2) is 41.2 Å². The largest absolute Gasteiger partial charge is 0.397 e. The van der Waals surface area contributed by atoms with E-state index in [-0.39, 0.29) is 6.04 Å². The predicted molar refractivity (Wildman–Crippen MR) is 66.1 cm³/mol. The van der Waals surface area contributed by atoms with E-state index in [1.807, 2.05) is 4.90 Å². The molecule has 1 aliphatic heterocycles. The molecule has 1 amide bonds. The smallest absolute Gasteiger partial charge is 0.351 e. The second kappa shape index (κ2) is 6.06. The SMILES string of the molecule is O=C(CC(F)(F)F)N[C@H]1CCCN(c2ncccn2)C1. The Morgan fingerprint density at radius 1 is 1.40 bits per heavy atom. The summed E-state index contributed by atoms with van der Waals surface area (Å²) < 4.78 is 36.3. The van der Waals surface area contributed by atoms with Crippen LogP contribution in [-0.2, 0) is 4.79 Å². The van der Waals surface area contributed by atoms with Crippen molar-refractivity contribution in [3.63, 3.8) is 0 Å². The molecule has 1 N–H and O–H groups in total. The average molecular weight is 288 g/mol.